The van der Waals surface area contributed by atoms with Crippen molar-refractivity contribution < 1.29 is 0 Å². The average molecular weight is 321 g/mol. The third-order valence-electron chi connectivity index (χ3n) is 4.66. The number of anilines is 1. The Morgan fingerprint density at radius 2 is 2.04 bits per heavy atom. The molecule has 0 bridgehead atoms. The Kier molecular flexibility index (Phi) is 5.07. The molecule has 1 aromatic carbocycles. The molecule has 1 atom stereocenters. The first-order valence-corrected chi connectivity index (χ1v) is 8.44. The Morgan fingerprint density at radius 1 is 1.25 bits per heavy atom. The highest BCUT2D eigenvalue weighted by Gasteiger charge is 2.22. The number of aryl methyl sites for hydroxylation is 1. The largest absolute Gasteiger partial charge is 0.363 e. The number of piperidine rings is 1. The third kappa shape index (κ3) is 3.72. The van der Waals surface area contributed by atoms with Gasteiger partial charge in [-0.15, -0.1) is 5.10 Å². The number of likely N-dealkylation sites (tertiary alicyclic amines) is 1. The Balaban J connectivity index is 1.68. The van der Waals surface area contributed by atoms with Gasteiger partial charge in [-0.25, -0.2) is 0 Å². The van der Waals surface area contributed by atoms with Crippen molar-refractivity contribution in [3.8, 4) is 6.07 Å². The monoisotopic (exact) mass is 321 g/mol. The molecule has 5 nitrogen and oxygen atoms in total. The van der Waals surface area contributed by atoms with E-state index >= 15 is 0 Å². The maximum atomic E-state index is 9.43. The quantitative estimate of drug-likeness (QED) is 0.937. The number of rotatable bonds is 4. The SMILES string of the molecule is Cc1nnc(NC2CCCN(Cc3ccccc3)C2)c(C#N)c1C. The summed E-state index contributed by atoms with van der Waals surface area (Å²) in [6, 6.07) is 13.1. The highest BCUT2D eigenvalue weighted by Crippen LogP contribution is 2.21. The Morgan fingerprint density at radius 3 is 2.79 bits per heavy atom. The molecule has 1 aromatic heterocycles. The summed E-state index contributed by atoms with van der Waals surface area (Å²) in [4.78, 5) is 2.46. The molecule has 0 saturated carbocycles. The molecule has 124 valence electrons. The van der Waals surface area contributed by atoms with Crippen molar-refractivity contribution in [1.82, 2.24) is 15.1 Å². The number of benzene rings is 1. The van der Waals surface area contributed by atoms with Gasteiger partial charge in [0.1, 0.15) is 11.6 Å². The van der Waals surface area contributed by atoms with Crippen LogP contribution in [0.1, 0.15) is 35.2 Å². The molecule has 2 heterocycles. The molecule has 1 N–H and O–H groups in total. The van der Waals surface area contributed by atoms with Gasteiger partial charge in [0.15, 0.2) is 5.82 Å². The molecule has 5 heteroatoms. The summed E-state index contributed by atoms with van der Waals surface area (Å²) in [6.45, 7) is 6.83. The van der Waals surface area contributed by atoms with Crippen LogP contribution >= 0.6 is 0 Å². The molecule has 1 unspecified atom stereocenters. The smallest absolute Gasteiger partial charge is 0.167 e. The molecule has 0 aliphatic carbocycles. The fraction of sp³-hybridized carbons (Fsp3) is 0.421. The van der Waals surface area contributed by atoms with Gasteiger partial charge in [0, 0.05) is 19.1 Å². The van der Waals surface area contributed by atoms with Gasteiger partial charge in [0.05, 0.1) is 5.69 Å². The van der Waals surface area contributed by atoms with Gasteiger partial charge >= 0.3 is 0 Å². The summed E-state index contributed by atoms with van der Waals surface area (Å²) < 4.78 is 0. The minimum absolute atomic E-state index is 0.297. The highest BCUT2D eigenvalue weighted by atomic mass is 15.2. The fourth-order valence-corrected chi connectivity index (χ4v) is 3.20. The van der Waals surface area contributed by atoms with E-state index in [0.29, 0.717) is 17.4 Å². The molecule has 1 aliphatic rings. The zero-order chi connectivity index (χ0) is 16.9. The van der Waals surface area contributed by atoms with Crippen LogP contribution in [0.4, 0.5) is 5.82 Å². The molecule has 1 fully saturated rings. The fourth-order valence-electron chi connectivity index (χ4n) is 3.20. The minimum atomic E-state index is 0.297. The summed E-state index contributed by atoms with van der Waals surface area (Å²) in [7, 11) is 0. The van der Waals surface area contributed by atoms with E-state index in [0.717, 1.165) is 43.7 Å². The van der Waals surface area contributed by atoms with Gasteiger partial charge in [-0.1, -0.05) is 30.3 Å². The average Bonchev–Trinajstić information content (AvgIpc) is 2.60. The van der Waals surface area contributed by atoms with Crippen molar-refractivity contribution >= 4 is 5.82 Å². The van der Waals surface area contributed by atoms with Crippen molar-refractivity contribution in [3.63, 3.8) is 0 Å². The van der Waals surface area contributed by atoms with Gasteiger partial charge < -0.3 is 5.32 Å². The van der Waals surface area contributed by atoms with Crippen molar-refractivity contribution in [3.05, 3.63) is 52.7 Å². The lowest BCUT2D eigenvalue weighted by Gasteiger charge is -2.33. The van der Waals surface area contributed by atoms with Gasteiger partial charge in [0.25, 0.3) is 0 Å². The van der Waals surface area contributed by atoms with Crippen LogP contribution in [0.5, 0.6) is 0 Å². The number of nitrogens with zero attached hydrogens (tertiary/aromatic N) is 4. The lowest BCUT2D eigenvalue weighted by atomic mass is 10.0. The highest BCUT2D eigenvalue weighted by molar-refractivity contribution is 5.56. The second kappa shape index (κ2) is 7.41. The van der Waals surface area contributed by atoms with E-state index in [1.807, 2.05) is 19.9 Å². The predicted molar refractivity (Wildman–Crippen MR) is 94.6 cm³/mol. The summed E-state index contributed by atoms with van der Waals surface area (Å²) in [6.07, 6.45) is 2.23. The van der Waals surface area contributed by atoms with Crippen molar-refractivity contribution in [2.45, 2.75) is 39.3 Å². The van der Waals surface area contributed by atoms with Crippen molar-refractivity contribution in [2.75, 3.05) is 18.4 Å². The van der Waals surface area contributed by atoms with Crippen LogP contribution in [0.2, 0.25) is 0 Å². The molecule has 1 aliphatic heterocycles. The van der Waals surface area contributed by atoms with E-state index in [2.05, 4.69) is 50.7 Å². The number of hydrogen-bond donors (Lipinski definition) is 1. The van der Waals surface area contributed by atoms with E-state index in [1.54, 1.807) is 0 Å². The van der Waals surface area contributed by atoms with Crippen LogP contribution < -0.4 is 5.32 Å². The Bertz CT molecular complexity index is 735. The first kappa shape index (κ1) is 16.4. The van der Waals surface area contributed by atoms with E-state index < -0.39 is 0 Å². The molecule has 3 rings (SSSR count). The summed E-state index contributed by atoms with van der Waals surface area (Å²) in [5.41, 5.74) is 3.67. The third-order valence-corrected chi connectivity index (χ3v) is 4.66. The van der Waals surface area contributed by atoms with E-state index in [-0.39, 0.29) is 0 Å². The normalized spacial score (nSPS) is 18.1. The zero-order valence-corrected chi connectivity index (χ0v) is 14.3. The lowest BCUT2D eigenvalue weighted by Crippen LogP contribution is -2.42. The maximum absolute atomic E-state index is 9.43. The molecular formula is C19H23N5. The molecule has 24 heavy (non-hydrogen) atoms. The summed E-state index contributed by atoms with van der Waals surface area (Å²) in [5, 5.41) is 21.3. The standard InChI is InChI=1S/C19H23N5/c1-14-15(2)22-23-19(18(14)11-20)21-17-9-6-10-24(13-17)12-16-7-4-3-5-8-16/h3-5,7-8,17H,6,9-10,12-13H2,1-2H3,(H,21,23). The second-order valence-corrected chi connectivity index (χ2v) is 6.45. The molecule has 0 amide bonds. The van der Waals surface area contributed by atoms with Crippen molar-refractivity contribution in [2.24, 2.45) is 0 Å². The zero-order valence-electron chi connectivity index (χ0n) is 14.3. The van der Waals surface area contributed by atoms with Gasteiger partial charge in [-0.2, -0.15) is 10.4 Å². The maximum Gasteiger partial charge on any atom is 0.167 e. The van der Waals surface area contributed by atoms with Crippen LogP contribution in [0.3, 0.4) is 0 Å². The second-order valence-electron chi connectivity index (χ2n) is 6.45. The topological polar surface area (TPSA) is 64.8 Å². The molecule has 0 radical (unpaired) electrons. The number of aromatic nitrogens is 2. The molecule has 1 saturated heterocycles. The van der Waals surface area contributed by atoms with Gasteiger partial charge in [-0.3, -0.25) is 4.90 Å². The van der Waals surface area contributed by atoms with Gasteiger partial charge in [0.2, 0.25) is 0 Å². The summed E-state index contributed by atoms with van der Waals surface area (Å²) >= 11 is 0. The first-order chi connectivity index (χ1) is 11.7. The Labute approximate surface area is 143 Å². The van der Waals surface area contributed by atoms with Crippen LogP contribution in [0.15, 0.2) is 30.3 Å². The molecule has 2 aromatic rings. The van der Waals surface area contributed by atoms with Crippen LogP contribution in [-0.2, 0) is 6.54 Å². The first-order valence-electron chi connectivity index (χ1n) is 8.44. The van der Waals surface area contributed by atoms with Crippen LogP contribution in [0.25, 0.3) is 0 Å². The van der Waals surface area contributed by atoms with E-state index in [4.69, 9.17) is 0 Å². The number of nitrogens with one attached hydrogen (secondary N) is 1. The van der Waals surface area contributed by atoms with Crippen LogP contribution in [0, 0.1) is 25.2 Å². The number of nitriles is 1. The number of hydrogen-bond acceptors (Lipinski definition) is 5. The Hall–Kier alpha value is -2.45. The molecular weight excluding hydrogens is 298 g/mol. The minimum Gasteiger partial charge on any atom is -0.363 e. The van der Waals surface area contributed by atoms with Crippen molar-refractivity contribution in [1.29, 1.82) is 5.26 Å². The van der Waals surface area contributed by atoms with Crippen LogP contribution in [-0.4, -0.2) is 34.2 Å². The molecule has 0 spiro atoms. The lowest BCUT2D eigenvalue weighted by molar-refractivity contribution is 0.208. The van der Waals surface area contributed by atoms with E-state index in [1.165, 1.54) is 5.56 Å². The summed E-state index contributed by atoms with van der Waals surface area (Å²) in [5.74, 6) is 0.618. The van der Waals surface area contributed by atoms with Gasteiger partial charge in [-0.05, 0) is 44.4 Å². The predicted octanol–water partition coefficient (Wildman–Crippen LogP) is 3.04. The van der Waals surface area contributed by atoms with E-state index in [9.17, 15) is 5.26 Å².